The maximum absolute atomic E-state index is 13.8. The van der Waals surface area contributed by atoms with E-state index in [1.807, 2.05) is 24.3 Å². The Morgan fingerprint density at radius 3 is 2.27 bits per heavy atom. The SMILES string of the molecule is CCNC(=O)C(C)N(Cc1ccc(Br)cc1)C(=O)CN(c1ccc(Cl)cc1C)S(=O)(=O)c1ccccc1. The number of hydrogen-bond acceptors (Lipinski definition) is 4. The van der Waals surface area contributed by atoms with Crippen LogP contribution in [0.1, 0.15) is 25.0 Å². The van der Waals surface area contributed by atoms with Crippen molar-refractivity contribution in [3.8, 4) is 0 Å². The summed E-state index contributed by atoms with van der Waals surface area (Å²) < 4.78 is 29.5. The molecule has 0 aromatic heterocycles. The number of likely N-dealkylation sites (N-methyl/N-ethyl adjacent to an activating group) is 1. The van der Waals surface area contributed by atoms with Gasteiger partial charge in [0.1, 0.15) is 12.6 Å². The minimum absolute atomic E-state index is 0.0494. The van der Waals surface area contributed by atoms with Gasteiger partial charge in [0.05, 0.1) is 10.6 Å². The fourth-order valence-electron chi connectivity index (χ4n) is 3.82. The van der Waals surface area contributed by atoms with E-state index >= 15 is 0 Å². The average molecular weight is 607 g/mol. The first-order valence-electron chi connectivity index (χ1n) is 11.7. The third-order valence-corrected chi connectivity index (χ3v) is 8.36. The van der Waals surface area contributed by atoms with E-state index in [9.17, 15) is 18.0 Å². The molecule has 3 aromatic rings. The number of sulfonamides is 1. The smallest absolute Gasteiger partial charge is 0.264 e. The molecular weight excluding hydrogens is 578 g/mol. The molecule has 196 valence electrons. The molecule has 10 heteroatoms. The normalized spacial score (nSPS) is 12.0. The average Bonchev–Trinajstić information content (AvgIpc) is 2.87. The lowest BCUT2D eigenvalue weighted by molar-refractivity contribution is -0.139. The Bertz CT molecular complexity index is 1350. The van der Waals surface area contributed by atoms with Crippen molar-refractivity contribution in [2.24, 2.45) is 0 Å². The van der Waals surface area contributed by atoms with Crippen LogP contribution >= 0.6 is 27.5 Å². The zero-order chi connectivity index (χ0) is 27.2. The van der Waals surface area contributed by atoms with Gasteiger partial charge in [-0.15, -0.1) is 0 Å². The lowest BCUT2D eigenvalue weighted by Crippen LogP contribution is -2.51. The number of anilines is 1. The monoisotopic (exact) mass is 605 g/mol. The fraction of sp³-hybridized carbons (Fsp3) is 0.259. The number of aryl methyl sites for hydroxylation is 1. The molecule has 0 spiro atoms. The Balaban J connectivity index is 2.04. The number of hydrogen-bond donors (Lipinski definition) is 1. The number of halogens is 2. The van der Waals surface area contributed by atoms with Gasteiger partial charge in [0.15, 0.2) is 0 Å². The van der Waals surface area contributed by atoms with Crippen LogP contribution in [0, 0.1) is 6.92 Å². The van der Waals surface area contributed by atoms with Crippen LogP contribution in [0.5, 0.6) is 0 Å². The second kappa shape index (κ2) is 12.6. The summed E-state index contributed by atoms with van der Waals surface area (Å²) in [6, 6.07) is 19.3. The first-order chi connectivity index (χ1) is 17.5. The molecule has 1 atom stereocenters. The number of carbonyl (C=O) groups is 2. The Kier molecular flexibility index (Phi) is 9.75. The van der Waals surface area contributed by atoms with Gasteiger partial charge in [-0.25, -0.2) is 8.42 Å². The lowest BCUT2D eigenvalue weighted by atomic mass is 10.1. The molecule has 3 rings (SSSR count). The van der Waals surface area contributed by atoms with Crippen molar-refractivity contribution >= 4 is 55.1 Å². The Hall–Kier alpha value is -2.88. The highest BCUT2D eigenvalue weighted by molar-refractivity contribution is 9.10. The molecule has 0 bridgehead atoms. The van der Waals surface area contributed by atoms with Crippen molar-refractivity contribution in [2.75, 3.05) is 17.4 Å². The van der Waals surface area contributed by atoms with Crippen molar-refractivity contribution in [1.82, 2.24) is 10.2 Å². The molecule has 0 radical (unpaired) electrons. The van der Waals surface area contributed by atoms with E-state index in [4.69, 9.17) is 11.6 Å². The van der Waals surface area contributed by atoms with Gasteiger partial charge in [0.2, 0.25) is 11.8 Å². The van der Waals surface area contributed by atoms with E-state index in [1.54, 1.807) is 57.2 Å². The number of nitrogens with zero attached hydrogens (tertiary/aromatic N) is 2. The molecule has 1 N–H and O–H groups in total. The standard InChI is InChI=1S/C27H29BrClN3O4S/c1-4-30-27(34)20(3)31(17-21-10-12-22(28)13-11-21)26(33)18-32(25-15-14-23(29)16-19(25)2)37(35,36)24-8-6-5-7-9-24/h5-16,20H,4,17-18H2,1-3H3,(H,30,34). The van der Waals surface area contributed by atoms with Gasteiger partial charge in [0.25, 0.3) is 10.0 Å². The highest BCUT2D eigenvalue weighted by Crippen LogP contribution is 2.29. The largest absolute Gasteiger partial charge is 0.355 e. The van der Waals surface area contributed by atoms with Crippen LogP contribution in [-0.4, -0.2) is 44.3 Å². The summed E-state index contributed by atoms with van der Waals surface area (Å²) in [5.74, 6) is -0.844. The van der Waals surface area contributed by atoms with Crippen LogP contribution in [0.2, 0.25) is 5.02 Å². The highest BCUT2D eigenvalue weighted by atomic mass is 79.9. The first kappa shape index (κ1) is 28.7. The highest BCUT2D eigenvalue weighted by Gasteiger charge is 2.33. The van der Waals surface area contributed by atoms with E-state index in [2.05, 4.69) is 21.2 Å². The van der Waals surface area contributed by atoms with Gasteiger partial charge in [-0.2, -0.15) is 0 Å². The third-order valence-electron chi connectivity index (χ3n) is 5.82. The molecule has 0 fully saturated rings. The second-order valence-corrected chi connectivity index (χ2v) is 11.7. The van der Waals surface area contributed by atoms with Crippen molar-refractivity contribution in [1.29, 1.82) is 0 Å². The van der Waals surface area contributed by atoms with E-state index in [-0.39, 0.29) is 17.3 Å². The molecule has 7 nitrogen and oxygen atoms in total. The molecular formula is C27H29BrClN3O4S. The van der Waals surface area contributed by atoms with Gasteiger partial charge >= 0.3 is 0 Å². The Morgan fingerprint density at radius 2 is 1.68 bits per heavy atom. The molecule has 2 amide bonds. The predicted octanol–water partition coefficient (Wildman–Crippen LogP) is 5.16. The third kappa shape index (κ3) is 7.12. The molecule has 3 aromatic carbocycles. The summed E-state index contributed by atoms with van der Waals surface area (Å²) in [6.45, 7) is 5.19. The fourth-order valence-corrected chi connectivity index (χ4v) is 5.81. The molecule has 0 aliphatic carbocycles. The minimum atomic E-state index is -4.12. The maximum atomic E-state index is 13.8. The number of benzene rings is 3. The first-order valence-corrected chi connectivity index (χ1v) is 14.3. The molecule has 0 saturated carbocycles. The van der Waals surface area contributed by atoms with Crippen LogP contribution in [0.25, 0.3) is 0 Å². The van der Waals surface area contributed by atoms with Crippen LogP contribution in [0.15, 0.2) is 82.2 Å². The molecule has 0 aliphatic heterocycles. The van der Waals surface area contributed by atoms with E-state index in [0.717, 1.165) is 14.3 Å². The zero-order valence-corrected chi connectivity index (χ0v) is 24.0. The number of nitrogens with one attached hydrogen (secondary N) is 1. The maximum Gasteiger partial charge on any atom is 0.264 e. The van der Waals surface area contributed by atoms with E-state index < -0.39 is 28.5 Å². The Morgan fingerprint density at radius 1 is 1.03 bits per heavy atom. The van der Waals surface area contributed by atoms with Crippen LogP contribution in [-0.2, 0) is 26.2 Å². The Labute approximate surface area is 231 Å². The predicted molar refractivity (Wildman–Crippen MR) is 150 cm³/mol. The van der Waals surface area contributed by atoms with Gasteiger partial charge < -0.3 is 10.2 Å². The summed E-state index contributed by atoms with van der Waals surface area (Å²) in [6.07, 6.45) is 0. The zero-order valence-electron chi connectivity index (χ0n) is 20.8. The number of rotatable bonds is 10. The van der Waals surface area contributed by atoms with Crippen LogP contribution in [0.3, 0.4) is 0 Å². The van der Waals surface area contributed by atoms with E-state index in [1.165, 1.54) is 17.0 Å². The molecule has 1 unspecified atom stereocenters. The van der Waals surface area contributed by atoms with Crippen molar-refractivity contribution in [3.63, 3.8) is 0 Å². The summed E-state index contributed by atoms with van der Waals surface area (Å²) >= 11 is 9.53. The van der Waals surface area contributed by atoms with Gasteiger partial charge in [-0.1, -0.05) is 57.9 Å². The van der Waals surface area contributed by atoms with Crippen molar-refractivity contribution < 1.29 is 18.0 Å². The van der Waals surface area contributed by atoms with Gasteiger partial charge in [-0.3, -0.25) is 13.9 Å². The second-order valence-electron chi connectivity index (χ2n) is 8.47. The van der Waals surface area contributed by atoms with E-state index in [0.29, 0.717) is 22.8 Å². The lowest BCUT2D eigenvalue weighted by Gasteiger charge is -2.32. The summed E-state index contributed by atoms with van der Waals surface area (Å²) in [4.78, 5) is 28.0. The quantitative estimate of drug-likeness (QED) is 0.346. The van der Waals surface area contributed by atoms with Gasteiger partial charge in [-0.05, 0) is 74.4 Å². The molecule has 0 saturated heterocycles. The number of carbonyl (C=O) groups excluding carboxylic acids is 2. The summed E-state index contributed by atoms with van der Waals surface area (Å²) in [5, 5.41) is 3.20. The molecule has 0 aliphatic rings. The topological polar surface area (TPSA) is 86.8 Å². The summed E-state index contributed by atoms with van der Waals surface area (Å²) in [5.41, 5.74) is 1.72. The van der Waals surface area contributed by atoms with Crippen LogP contribution in [0.4, 0.5) is 5.69 Å². The summed E-state index contributed by atoms with van der Waals surface area (Å²) in [7, 11) is -4.12. The minimum Gasteiger partial charge on any atom is -0.355 e. The number of amides is 2. The van der Waals surface area contributed by atoms with Crippen LogP contribution < -0.4 is 9.62 Å². The van der Waals surface area contributed by atoms with Gasteiger partial charge in [0, 0.05) is 22.6 Å². The molecule has 0 heterocycles. The van der Waals surface area contributed by atoms with Crippen molar-refractivity contribution in [2.45, 2.75) is 38.3 Å². The van der Waals surface area contributed by atoms with Crippen molar-refractivity contribution in [3.05, 3.63) is 93.4 Å². The molecule has 37 heavy (non-hydrogen) atoms.